The van der Waals surface area contributed by atoms with Crippen molar-refractivity contribution < 1.29 is 14.7 Å². The molecule has 1 fully saturated rings. The van der Waals surface area contributed by atoms with Crippen LogP contribution < -0.4 is 10.2 Å². The number of rotatable bonds is 17. The summed E-state index contributed by atoms with van der Waals surface area (Å²) in [6.07, 6.45) is 6.49. The molecule has 0 bridgehead atoms. The van der Waals surface area contributed by atoms with Gasteiger partial charge in [0.25, 0.3) is 5.91 Å². The number of aryl methyl sites for hydroxylation is 1. The number of carboxylic acids is 1. The van der Waals surface area contributed by atoms with Gasteiger partial charge in [0.15, 0.2) is 0 Å². The predicted molar refractivity (Wildman–Crippen MR) is 309 cm³/mol. The molecule has 360 valence electrons. The number of thiocarbonyl (C=S) groups is 1. The van der Waals surface area contributed by atoms with Crippen LogP contribution in [0.2, 0.25) is 0 Å². The first-order valence-electron chi connectivity index (χ1n) is 24.5. The number of aliphatic carboxylic acids is 1. The Bertz CT molecular complexity index is 3330. The lowest BCUT2D eigenvalue weighted by atomic mass is 9.81. The number of thioether (sulfide) groups is 1. The SMILES string of the molecule is CCCCCCNc1cc(-c2ccc3c(c2)C(C)(C)c2cc(N(C(=C(c4ccccc4)c4ccccc4)c4ccccc4)c4ccc(C)cc4)ccc2-3)sc1-c1ccc(/C=C2\SC(=S)N(CC(=O)O)C2=O)s1. The number of carboxylic acid groups (broad SMARTS) is 1. The number of benzene rings is 6. The highest BCUT2D eigenvalue weighted by Crippen LogP contribution is 2.53. The van der Waals surface area contributed by atoms with Crippen molar-refractivity contribution in [3.8, 4) is 31.3 Å². The van der Waals surface area contributed by atoms with Crippen LogP contribution >= 0.6 is 46.7 Å². The highest BCUT2D eigenvalue weighted by Gasteiger charge is 2.37. The van der Waals surface area contributed by atoms with Crippen LogP contribution in [0, 0.1) is 6.92 Å². The third-order valence-corrected chi connectivity index (χ3v) is 17.3. The van der Waals surface area contributed by atoms with Gasteiger partial charge >= 0.3 is 5.97 Å². The summed E-state index contributed by atoms with van der Waals surface area (Å²) in [4.78, 5) is 32.9. The average Bonchev–Trinajstić information content (AvgIpc) is 4.16. The number of thiophene rings is 2. The fraction of sp³-hybridized carbons (Fsp3) is 0.177. The molecule has 1 aliphatic heterocycles. The summed E-state index contributed by atoms with van der Waals surface area (Å²) in [5, 5.41) is 13.2. The third kappa shape index (κ3) is 9.89. The largest absolute Gasteiger partial charge is 0.480 e. The van der Waals surface area contributed by atoms with Crippen LogP contribution in [0.3, 0.4) is 0 Å². The summed E-state index contributed by atoms with van der Waals surface area (Å²) < 4.78 is 0.263. The van der Waals surface area contributed by atoms with E-state index in [2.05, 4.69) is 202 Å². The molecule has 2 aliphatic rings. The number of carbonyl (C=O) groups is 2. The predicted octanol–water partition coefficient (Wildman–Crippen LogP) is 16.8. The normalized spacial score (nSPS) is 14.1. The zero-order valence-corrected chi connectivity index (χ0v) is 44.0. The maximum Gasteiger partial charge on any atom is 0.323 e. The Morgan fingerprint density at radius 3 is 1.99 bits per heavy atom. The monoisotopic (exact) mass is 1020 g/mol. The minimum absolute atomic E-state index is 0.263. The molecule has 0 spiro atoms. The Balaban J connectivity index is 1.04. The van der Waals surface area contributed by atoms with Crippen molar-refractivity contribution in [2.45, 2.75) is 58.8 Å². The van der Waals surface area contributed by atoms with Crippen LogP contribution in [0.1, 0.15) is 84.7 Å². The van der Waals surface area contributed by atoms with Gasteiger partial charge in [0.05, 0.1) is 21.2 Å². The number of nitrogens with one attached hydrogen (secondary N) is 1. The Labute approximate surface area is 440 Å². The summed E-state index contributed by atoms with van der Waals surface area (Å²) in [5.41, 5.74) is 16.0. The second kappa shape index (κ2) is 21.1. The molecule has 1 saturated heterocycles. The first kappa shape index (κ1) is 48.8. The van der Waals surface area contributed by atoms with Gasteiger partial charge in [0, 0.05) is 43.5 Å². The quantitative estimate of drug-likeness (QED) is 0.0407. The molecule has 10 rings (SSSR count). The zero-order chi connectivity index (χ0) is 49.9. The third-order valence-electron chi connectivity index (χ3n) is 13.5. The van der Waals surface area contributed by atoms with E-state index >= 15 is 0 Å². The number of fused-ring (bicyclic) bond motifs is 3. The van der Waals surface area contributed by atoms with Crippen molar-refractivity contribution in [1.29, 1.82) is 0 Å². The summed E-state index contributed by atoms with van der Waals surface area (Å²) in [6.45, 7) is 9.53. The molecule has 0 saturated carbocycles. The molecular formula is C62H55N3O3S4. The molecule has 1 amide bonds. The number of hydrogen-bond donors (Lipinski definition) is 2. The molecule has 8 aromatic rings. The Kier molecular flexibility index (Phi) is 14.3. The van der Waals surface area contributed by atoms with Gasteiger partial charge < -0.3 is 15.3 Å². The lowest BCUT2D eigenvalue weighted by molar-refractivity contribution is -0.140. The molecule has 2 N–H and O–H groups in total. The summed E-state index contributed by atoms with van der Waals surface area (Å²) in [7, 11) is 0. The van der Waals surface area contributed by atoms with Crippen LogP contribution in [-0.2, 0) is 15.0 Å². The molecule has 72 heavy (non-hydrogen) atoms. The molecule has 2 aromatic heterocycles. The van der Waals surface area contributed by atoms with Crippen LogP contribution in [-0.4, -0.2) is 39.3 Å². The number of amides is 1. The summed E-state index contributed by atoms with van der Waals surface area (Å²) >= 11 is 9.92. The van der Waals surface area contributed by atoms with Crippen molar-refractivity contribution >= 4 is 97.3 Å². The van der Waals surface area contributed by atoms with Gasteiger partial charge in [-0.3, -0.25) is 14.5 Å². The number of hydrogen-bond acceptors (Lipinski definition) is 8. The van der Waals surface area contributed by atoms with Gasteiger partial charge in [-0.1, -0.05) is 191 Å². The number of unbranched alkanes of at least 4 members (excludes halogenated alkanes) is 3. The van der Waals surface area contributed by atoms with E-state index in [0.29, 0.717) is 4.91 Å². The molecule has 6 nitrogen and oxygen atoms in total. The van der Waals surface area contributed by atoms with E-state index in [-0.39, 0.29) is 15.6 Å². The fourth-order valence-electron chi connectivity index (χ4n) is 9.83. The fourth-order valence-corrected chi connectivity index (χ4v) is 13.4. The minimum atomic E-state index is -1.09. The Hall–Kier alpha value is -6.82. The number of nitrogens with zero attached hydrogens (tertiary/aromatic N) is 2. The first-order valence-corrected chi connectivity index (χ1v) is 27.4. The van der Waals surface area contributed by atoms with Crippen LogP contribution in [0.25, 0.3) is 48.7 Å². The van der Waals surface area contributed by atoms with E-state index in [0.717, 1.165) is 89.3 Å². The molecule has 6 aromatic carbocycles. The lowest BCUT2D eigenvalue weighted by Crippen LogP contribution is -2.33. The van der Waals surface area contributed by atoms with Crippen molar-refractivity contribution in [3.05, 3.63) is 213 Å². The van der Waals surface area contributed by atoms with Crippen LogP contribution in [0.15, 0.2) is 175 Å². The van der Waals surface area contributed by atoms with E-state index in [1.54, 1.807) is 22.7 Å². The van der Waals surface area contributed by atoms with E-state index < -0.39 is 12.5 Å². The second-order valence-electron chi connectivity index (χ2n) is 18.8. The average molecular weight is 1020 g/mol. The highest BCUT2D eigenvalue weighted by atomic mass is 32.2. The molecular weight excluding hydrogens is 963 g/mol. The van der Waals surface area contributed by atoms with Crippen molar-refractivity contribution in [2.75, 3.05) is 23.3 Å². The molecule has 10 heteroatoms. The van der Waals surface area contributed by atoms with Gasteiger partial charge in [-0.2, -0.15) is 0 Å². The smallest absolute Gasteiger partial charge is 0.323 e. The second-order valence-corrected chi connectivity index (χ2v) is 22.7. The summed E-state index contributed by atoms with van der Waals surface area (Å²) in [5.74, 6) is -1.46. The molecule has 1 aliphatic carbocycles. The number of anilines is 3. The van der Waals surface area contributed by atoms with Crippen molar-refractivity contribution in [2.24, 2.45) is 0 Å². The van der Waals surface area contributed by atoms with Gasteiger partial charge in [-0.15, -0.1) is 22.7 Å². The molecule has 0 unspecified atom stereocenters. The van der Waals surface area contributed by atoms with Gasteiger partial charge in [0.1, 0.15) is 10.9 Å². The maximum absolute atomic E-state index is 13.1. The first-order chi connectivity index (χ1) is 35.0. The number of carbonyl (C=O) groups excluding carboxylic acids is 1. The van der Waals surface area contributed by atoms with E-state index in [1.807, 2.05) is 12.1 Å². The van der Waals surface area contributed by atoms with E-state index in [1.165, 1.54) is 57.5 Å². The summed E-state index contributed by atoms with van der Waals surface area (Å²) in [6, 6.07) is 61.7. The molecule has 0 radical (unpaired) electrons. The van der Waals surface area contributed by atoms with E-state index in [9.17, 15) is 14.7 Å². The zero-order valence-electron chi connectivity index (χ0n) is 40.8. The van der Waals surface area contributed by atoms with Crippen LogP contribution in [0.5, 0.6) is 0 Å². The Morgan fingerprint density at radius 2 is 1.33 bits per heavy atom. The van der Waals surface area contributed by atoms with Crippen molar-refractivity contribution in [3.63, 3.8) is 0 Å². The molecule has 0 atom stereocenters. The lowest BCUT2D eigenvalue weighted by Gasteiger charge is -2.32. The van der Waals surface area contributed by atoms with Crippen molar-refractivity contribution in [1.82, 2.24) is 4.90 Å². The highest BCUT2D eigenvalue weighted by molar-refractivity contribution is 8.26. The van der Waals surface area contributed by atoms with E-state index in [4.69, 9.17) is 12.2 Å². The standard InChI is InChI=1S/C62H55N3O3S4/c1-5-6-7-17-34-63-52-38-54(71-59(52)53-33-30-47(70-53)37-55-60(68)64(39-56(66)67)61(69)72-55)44-26-31-48-49-32-29-46(36-51(49)62(3,4)50(48)35-44)65(45-27-24-40(2)25-28-45)58(43-22-15-10-16-23-43)57(41-18-11-8-12-19-41)42-20-13-9-14-21-42/h8-16,18-33,35-38,63H,5-7,17,34,39H2,1-4H3,(H,66,67)/b55-37-. The topological polar surface area (TPSA) is 72.9 Å². The van der Waals surface area contributed by atoms with Crippen LogP contribution in [0.4, 0.5) is 17.1 Å². The van der Waals surface area contributed by atoms with Gasteiger partial charge in [-0.05, 0) is 112 Å². The van der Waals surface area contributed by atoms with Gasteiger partial charge in [0.2, 0.25) is 0 Å². The maximum atomic E-state index is 13.1. The van der Waals surface area contributed by atoms with Gasteiger partial charge in [-0.25, -0.2) is 0 Å². The molecule has 3 heterocycles. The minimum Gasteiger partial charge on any atom is -0.480 e. The Morgan fingerprint density at radius 1 is 0.708 bits per heavy atom.